The van der Waals surface area contributed by atoms with Gasteiger partial charge in [-0.25, -0.2) is 4.79 Å². The minimum atomic E-state index is -0.846. The van der Waals surface area contributed by atoms with Gasteiger partial charge in [0, 0.05) is 18.0 Å². The molecular weight excluding hydrogens is 622 g/mol. The Bertz CT molecular complexity index is 1750. The van der Waals surface area contributed by atoms with Gasteiger partial charge in [0.2, 0.25) is 0 Å². The van der Waals surface area contributed by atoms with E-state index in [1.165, 1.54) is 4.90 Å². The number of nitrogens with zero attached hydrogens (tertiary/aromatic N) is 1. The Morgan fingerprint density at radius 2 is 1.24 bits per heavy atom. The Morgan fingerprint density at radius 3 is 1.78 bits per heavy atom. The van der Waals surface area contributed by atoms with Crippen LogP contribution in [0.4, 0.5) is 10.5 Å². The van der Waals surface area contributed by atoms with E-state index in [4.69, 9.17) is 14.2 Å². The molecule has 0 aromatic heterocycles. The third-order valence-corrected chi connectivity index (χ3v) is 8.47. The zero-order chi connectivity index (χ0) is 35.3. The van der Waals surface area contributed by atoms with Gasteiger partial charge >= 0.3 is 6.09 Å². The molecule has 6 nitrogen and oxygen atoms in total. The van der Waals surface area contributed by atoms with Crippen molar-refractivity contribution in [1.82, 2.24) is 0 Å². The van der Waals surface area contributed by atoms with Crippen molar-refractivity contribution in [2.75, 3.05) is 12.0 Å². The van der Waals surface area contributed by atoms with Crippen LogP contribution in [-0.2, 0) is 16.1 Å². The van der Waals surface area contributed by atoms with Gasteiger partial charge in [0.15, 0.2) is 0 Å². The lowest BCUT2D eigenvalue weighted by molar-refractivity contribution is 0.00540. The largest absolute Gasteiger partial charge is 0.497 e. The van der Waals surface area contributed by atoms with E-state index >= 15 is 0 Å². The van der Waals surface area contributed by atoms with Crippen LogP contribution in [0.25, 0.3) is 0 Å². The highest BCUT2D eigenvalue weighted by atomic mass is 16.6. The van der Waals surface area contributed by atoms with Crippen LogP contribution < -0.4 is 9.64 Å². The smallest absolute Gasteiger partial charge is 0.418 e. The molecule has 1 amide bonds. The number of aliphatic hydroxyl groups excluding tert-OH is 1. The fraction of sp³-hybridized carbons (Fsp3) is 0.250. The molecular formula is C44H47NO5. The average molecular weight is 670 g/mol. The minimum Gasteiger partial charge on any atom is -0.497 e. The summed E-state index contributed by atoms with van der Waals surface area (Å²) in [5, 5.41) is 12.3. The van der Waals surface area contributed by atoms with Crippen LogP contribution in [0.2, 0.25) is 0 Å². The van der Waals surface area contributed by atoms with E-state index in [1.54, 1.807) is 37.6 Å². The highest BCUT2D eigenvalue weighted by Crippen LogP contribution is 2.41. The molecule has 0 aliphatic rings. The number of aliphatic hydroxyl groups is 1. The van der Waals surface area contributed by atoms with Crippen LogP contribution in [0, 0.1) is 0 Å². The van der Waals surface area contributed by atoms with Crippen molar-refractivity contribution < 1.29 is 24.1 Å². The highest BCUT2D eigenvalue weighted by molar-refractivity contribution is 5.90. The summed E-state index contributed by atoms with van der Waals surface area (Å²) in [5.41, 5.74) is 4.00. The van der Waals surface area contributed by atoms with E-state index in [0.717, 1.165) is 22.3 Å². The van der Waals surface area contributed by atoms with Crippen LogP contribution in [-0.4, -0.2) is 30.0 Å². The summed E-state index contributed by atoms with van der Waals surface area (Å²) < 4.78 is 17.9. The number of amides is 1. The summed E-state index contributed by atoms with van der Waals surface area (Å²) in [6.45, 7) is 5.94. The Balaban J connectivity index is 1.52. The van der Waals surface area contributed by atoms with Crippen molar-refractivity contribution in [3.8, 4) is 5.75 Å². The van der Waals surface area contributed by atoms with Gasteiger partial charge in [0.05, 0.1) is 31.6 Å². The lowest BCUT2D eigenvalue weighted by atomic mass is 9.80. The van der Waals surface area contributed by atoms with Gasteiger partial charge < -0.3 is 19.3 Å². The monoisotopic (exact) mass is 669 g/mol. The maximum absolute atomic E-state index is 13.6. The van der Waals surface area contributed by atoms with Gasteiger partial charge in [-0.05, 0) is 73.7 Å². The molecule has 0 aliphatic heterocycles. The summed E-state index contributed by atoms with van der Waals surface area (Å²) in [5.74, 6) is 0.0190. The number of hydrogen-bond acceptors (Lipinski definition) is 5. The molecule has 0 unspecified atom stereocenters. The van der Waals surface area contributed by atoms with Gasteiger partial charge in [0.1, 0.15) is 11.4 Å². The van der Waals surface area contributed by atoms with Gasteiger partial charge in [-0.15, -0.1) is 0 Å². The Hall–Kier alpha value is -5.17. The Labute approximate surface area is 296 Å². The van der Waals surface area contributed by atoms with Crippen LogP contribution in [0.5, 0.6) is 5.75 Å². The lowest BCUT2D eigenvalue weighted by Crippen LogP contribution is -2.34. The molecule has 4 atom stereocenters. The zero-order valence-electron chi connectivity index (χ0n) is 29.3. The highest BCUT2D eigenvalue weighted by Gasteiger charge is 2.32. The van der Waals surface area contributed by atoms with Crippen LogP contribution in [0.1, 0.15) is 67.4 Å². The van der Waals surface area contributed by atoms with Gasteiger partial charge in [-0.2, -0.15) is 0 Å². The number of anilines is 1. The van der Waals surface area contributed by atoms with Crippen molar-refractivity contribution in [3.63, 3.8) is 0 Å². The molecule has 0 fully saturated rings. The van der Waals surface area contributed by atoms with Gasteiger partial charge in [-0.3, -0.25) is 4.90 Å². The summed E-state index contributed by atoms with van der Waals surface area (Å²) in [4.78, 5) is 15.0. The third kappa shape index (κ3) is 10.2. The van der Waals surface area contributed by atoms with Crippen molar-refractivity contribution in [2.24, 2.45) is 0 Å². The van der Waals surface area contributed by atoms with Gasteiger partial charge in [0.25, 0.3) is 0 Å². The first-order chi connectivity index (χ1) is 24.2. The zero-order valence-corrected chi connectivity index (χ0v) is 29.3. The maximum Gasteiger partial charge on any atom is 0.418 e. The van der Waals surface area contributed by atoms with E-state index in [9.17, 15) is 9.90 Å². The summed E-state index contributed by atoms with van der Waals surface area (Å²) in [6.07, 6.45) is 2.26. The van der Waals surface area contributed by atoms with Crippen molar-refractivity contribution in [1.29, 1.82) is 0 Å². The fourth-order valence-electron chi connectivity index (χ4n) is 6.01. The quantitative estimate of drug-likeness (QED) is 0.127. The van der Waals surface area contributed by atoms with Crippen LogP contribution >= 0.6 is 0 Å². The molecule has 5 rings (SSSR count). The minimum absolute atomic E-state index is 0.194. The number of carbonyl (C=O) groups is 1. The first kappa shape index (κ1) is 36.1. The normalized spacial score (nSPS) is 14.0. The summed E-state index contributed by atoms with van der Waals surface area (Å²) in [7, 11) is 1.60. The Morgan fingerprint density at radius 1 is 0.720 bits per heavy atom. The molecule has 0 bridgehead atoms. The predicted octanol–water partition coefficient (Wildman–Crippen LogP) is 10.2. The second kappa shape index (κ2) is 17.5. The number of benzene rings is 5. The molecule has 0 aliphatic carbocycles. The van der Waals surface area contributed by atoms with E-state index in [-0.39, 0.29) is 12.0 Å². The van der Waals surface area contributed by atoms with Gasteiger partial charge in [-0.1, -0.05) is 127 Å². The van der Waals surface area contributed by atoms with Crippen LogP contribution in [0.3, 0.4) is 0 Å². The van der Waals surface area contributed by atoms with Crippen molar-refractivity contribution in [3.05, 3.63) is 180 Å². The molecule has 6 heteroatoms. The SMILES string of the molecule is COc1ccc(N(/C=C/[C@H](c2ccccc2)[C@H](O)C[C@H](c2ccccc2)[C@H](OCc2ccccc2)c2ccccc2)C(=O)OC(C)(C)C)cc1. The summed E-state index contributed by atoms with van der Waals surface area (Å²) in [6, 6.07) is 47.7. The summed E-state index contributed by atoms with van der Waals surface area (Å²) >= 11 is 0. The molecule has 0 heterocycles. The average Bonchev–Trinajstić information content (AvgIpc) is 3.14. The molecule has 0 radical (unpaired) electrons. The van der Waals surface area contributed by atoms with Crippen molar-refractivity contribution >= 4 is 11.8 Å². The van der Waals surface area contributed by atoms with Crippen LogP contribution in [0.15, 0.2) is 158 Å². The second-order valence-corrected chi connectivity index (χ2v) is 13.3. The first-order valence-electron chi connectivity index (χ1n) is 17.0. The lowest BCUT2D eigenvalue weighted by Gasteiger charge is -2.32. The molecule has 5 aromatic rings. The predicted molar refractivity (Wildman–Crippen MR) is 200 cm³/mol. The molecule has 0 saturated heterocycles. The van der Waals surface area contributed by atoms with E-state index < -0.39 is 23.7 Å². The molecule has 1 N–H and O–H groups in total. The second-order valence-electron chi connectivity index (χ2n) is 13.3. The number of rotatable bonds is 14. The van der Waals surface area contributed by atoms with Crippen molar-refractivity contribution in [2.45, 2.75) is 63.4 Å². The number of methoxy groups -OCH3 is 1. The maximum atomic E-state index is 13.6. The van der Waals surface area contributed by atoms with E-state index in [0.29, 0.717) is 24.5 Å². The van der Waals surface area contributed by atoms with E-state index in [1.807, 2.05) is 112 Å². The number of ether oxygens (including phenoxy) is 3. The topological polar surface area (TPSA) is 68.2 Å². The molecule has 258 valence electrons. The standard InChI is InChI=1S/C44H47NO5/c1-44(2,3)50-43(47)45(37-25-27-38(48-4)28-26-37)30-29-39(34-19-11-6-12-20-34)41(46)31-40(35-21-13-7-14-22-35)42(36-23-15-8-16-24-36)49-32-33-17-9-5-10-18-33/h5-30,39-42,46H,31-32H2,1-4H3/b30-29+/t39-,40-,41-,42-/m1/s1. The molecule has 50 heavy (non-hydrogen) atoms. The Kier molecular flexibility index (Phi) is 12.6. The third-order valence-electron chi connectivity index (χ3n) is 8.47. The number of carbonyl (C=O) groups excluding carboxylic acids is 1. The fourth-order valence-corrected chi connectivity index (χ4v) is 6.01. The molecule has 0 spiro atoms. The number of hydrogen-bond donors (Lipinski definition) is 1. The first-order valence-corrected chi connectivity index (χ1v) is 17.0. The molecule has 5 aromatic carbocycles. The van der Waals surface area contributed by atoms with E-state index in [2.05, 4.69) is 36.4 Å². The molecule has 0 saturated carbocycles.